The molecule has 0 atom stereocenters. The summed E-state index contributed by atoms with van der Waals surface area (Å²) < 4.78 is 0. The zero-order valence-electron chi connectivity index (χ0n) is 8.47. The molecule has 2 rings (SSSR count). The molecule has 2 aliphatic rings. The van der Waals surface area contributed by atoms with Gasteiger partial charge in [-0.05, 0) is 24.6 Å². The Bertz CT molecular complexity index is 385. The number of thioether (sulfide) groups is 1. The molecule has 1 amide bonds. The lowest BCUT2D eigenvalue weighted by molar-refractivity contribution is -0.131. The Balaban J connectivity index is 2.05. The van der Waals surface area contributed by atoms with E-state index in [0.29, 0.717) is 5.17 Å². The highest BCUT2D eigenvalue weighted by Crippen LogP contribution is 2.24. The molecule has 2 N–H and O–H groups in total. The van der Waals surface area contributed by atoms with Crippen molar-refractivity contribution in [3.63, 3.8) is 0 Å². The van der Waals surface area contributed by atoms with Crippen molar-refractivity contribution >= 4 is 28.8 Å². The highest BCUT2D eigenvalue weighted by Gasteiger charge is 2.25. The molecule has 6 nitrogen and oxygen atoms in total. The molecule has 0 spiro atoms. The van der Waals surface area contributed by atoms with Gasteiger partial charge in [-0.2, -0.15) is 5.10 Å². The van der Waals surface area contributed by atoms with E-state index >= 15 is 0 Å². The highest BCUT2D eigenvalue weighted by molar-refractivity contribution is 8.18. The van der Waals surface area contributed by atoms with Gasteiger partial charge in [0.15, 0.2) is 5.17 Å². The quantitative estimate of drug-likeness (QED) is 0.674. The maximum absolute atomic E-state index is 11.3. The third kappa shape index (κ3) is 2.54. The molecule has 0 unspecified atom stereocenters. The summed E-state index contributed by atoms with van der Waals surface area (Å²) in [7, 11) is 0. The number of aliphatic carboxylic acids is 1. The number of carbonyl (C=O) groups is 2. The lowest BCUT2D eigenvalue weighted by atomic mass is 10.4. The Kier molecular flexibility index (Phi) is 3.14. The molecule has 0 bridgehead atoms. The summed E-state index contributed by atoms with van der Waals surface area (Å²) in [6.45, 7) is 1.77. The summed E-state index contributed by atoms with van der Waals surface area (Å²) in [4.78, 5) is 21.9. The van der Waals surface area contributed by atoms with Gasteiger partial charge in [0.05, 0.1) is 4.91 Å². The van der Waals surface area contributed by atoms with E-state index < -0.39 is 11.9 Å². The van der Waals surface area contributed by atoms with E-state index in [0.717, 1.165) is 43.8 Å². The van der Waals surface area contributed by atoms with E-state index in [1.165, 1.54) is 0 Å². The fourth-order valence-electron chi connectivity index (χ4n) is 1.52. The van der Waals surface area contributed by atoms with Crippen LogP contribution in [0.15, 0.2) is 16.1 Å². The monoisotopic (exact) mass is 241 g/mol. The number of hydrogen-bond donors (Lipinski definition) is 2. The molecule has 2 saturated heterocycles. The van der Waals surface area contributed by atoms with E-state index in [1.807, 2.05) is 5.01 Å². The average Bonchev–Trinajstić information content (AvgIpc) is 2.78. The molecule has 2 heterocycles. The predicted octanol–water partition coefficient (Wildman–Crippen LogP) is 0.185. The molecular weight excluding hydrogens is 230 g/mol. The van der Waals surface area contributed by atoms with Crippen molar-refractivity contribution in [1.29, 1.82) is 0 Å². The van der Waals surface area contributed by atoms with E-state index in [-0.39, 0.29) is 4.91 Å². The lowest BCUT2D eigenvalue weighted by Crippen LogP contribution is -2.23. The van der Waals surface area contributed by atoms with Gasteiger partial charge in [0.25, 0.3) is 5.91 Å². The third-order valence-electron chi connectivity index (χ3n) is 2.22. The Morgan fingerprint density at radius 2 is 2.19 bits per heavy atom. The molecule has 0 aromatic heterocycles. The molecule has 2 aliphatic heterocycles. The van der Waals surface area contributed by atoms with Crippen LogP contribution >= 0.6 is 11.8 Å². The van der Waals surface area contributed by atoms with E-state index in [4.69, 9.17) is 5.11 Å². The summed E-state index contributed by atoms with van der Waals surface area (Å²) in [5, 5.41) is 17.6. The topological polar surface area (TPSA) is 82.0 Å². The summed E-state index contributed by atoms with van der Waals surface area (Å²) in [5.41, 5.74) is 0. The largest absolute Gasteiger partial charge is 0.478 e. The Morgan fingerprint density at radius 3 is 2.81 bits per heavy atom. The summed E-state index contributed by atoms with van der Waals surface area (Å²) in [5.74, 6) is -1.52. The predicted molar refractivity (Wildman–Crippen MR) is 59.7 cm³/mol. The molecule has 0 radical (unpaired) electrons. The van der Waals surface area contributed by atoms with Crippen molar-refractivity contribution in [2.24, 2.45) is 5.10 Å². The summed E-state index contributed by atoms with van der Waals surface area (Å²) in [6.07, 6.45) is 3.10. The number of rotatable bonds is 2. The molecule has 16 heavy (non-hydrogen) atoms. The molecule has 7 heteroatoms. The molecule has 0 saturated carbocycles. The Morgan fingerprint density at radius 1 is 1.50 bits per heavy atom. The first-order chi connectivity index (χ1) is 7.65. The van der Waals surface area contributed by atoms with Gasteiger partial charge in [0.2, 0.25) is 0 Å². The number of nitrogens with zero attached hydrogens (tertiary/aromatic N) is 2. The van der Waals surface area contributed by atoms with Crippen LogP contribution in [0, 0.1) is 0 Å². The Labute approximate surface area is 96.4 Å². The minimum Gasteiger partial charge on any atom is -0.478 e. The number of amides is 1. The van der Waals surface area contributed by atoms with E-state index in [1.54, 1.807) is 0 Å². The first kappa shape index (κ1) is 11.0. The van der Waals surface area contributed by atoms with Crippen LogP contribution < -0.4 is 5.32 Å². The Hall–Kier alpha value is -1.50. The van der Waals surface area contributed by atoms with Crippen molar-refractivity contribution in [3.05, 3.63) is 11.0 Å². The maximum Gasteiger partial charge on any atom is 0.329 e. The van der Waals surface area contributed by atoms with Crippen molar-refractivity contribution in [1.82, 2.24) is 10.3 Å². The summed E-state index contributed by atoms with van der Waals surface area (Å²) in [6, 6.07) is 0. The third-order valence-corrected chi connectivity index (χ3v) is 3.12. The zero-order chi connectivity index (χ0) is 11.5. The number of amidine groups is 1. The van der Waals surface area contributed by atoms with Crippen LogP contribution in [0.4, 0.5) is 0 Å². The molecule has 86 valence electrons. The van der Waals surface area contributed by atoms with Gasteiger partial charge in [-0.25, -0.2) is 4.79 Å². The van der Waals surface area contributed by atoms with Gasteiger partial charge >= 0.3 is 5.97 Å². The number of carboxylic acid groups (broad SMARTS) is 1. The average molecular weight is 241 g/mol. The number of carboxylic acids is 1. The first-order valence-electron chi connectivity index (χ1n) is 4.92. The van der Waals surface area contributed by atoms with Crippen molar-refractivity contribution in [2.45, 2.75) is 12.8 Å². The smallest absolute Gasteiger partial charge is 0.329 e. The minimum absolute atomic E-state index is 0.172. The van der Waals surface area contributed by atoms with Crippen LogP contribution in [-0.2, 0) is 9.59 Å². The van der Waals surface area contributed by atoms with Crippen LogP contribution in [0.1, 0.15) is 12.8 Å². The standard InChI is InChI=1S/C9H11N3O3S/c13-7(14)5-6-8(15)10-9(16-6)11-12-3-1-2-4-12/h5H,1-4H2,(H,13,14)(H,10,11,15)/b6-5-. The van der Waals surface area contributed by atoms with Crippen molar-refractivity contribution < 1.29 is 14.7 Å². The summed E-state index contributed by atoms with van der Waals surface area (Å²) >= 11 is 1.06. The lowest BCUT2D eigenvalue weighted by Gasteiger charge is -2.09. The van der Waals surface area contributed by atoms with Gasteiger partial charge < -0.3 is 5.11 Å². The van der Waals surface area contributed by atoms with Crippen LogP contribution in [0.3, 0.4) is 0 Å². The van der Waals surface area contributed by atoms with Crippen molar-refractivity contribution in [2.75, 3.05) is 13.1 Å². The van der Waals surface area contributed by atoms with Gasteiger partial charge in [0.1, 0.15) is 0 Å². The number of nitrogens with one attached hydrogen (secondary N) is 1. The van der Waals surface area contributed by atoms with E-state index in [9.17, 15) is 9.59 Å². The van der Waals surface area contributed by atoms with Gasteiger partial charge in [-0.3, -0.25) is 15.1 Å². The van der Waals surface area contributed by atoms with Crippen LogP contribution in [0.2, 0.25) is 0 Å². The fourth-order valence-corrected chi connectivity index (χ4v) is 2.33. The van der Waals surface area contributed by atoms with Gasteiger partial charge in [0, 0.05) is 19.2 Å². The zero-order valence-corrected chi connectivity index (χ0v) is 9.29. The molecule has 0 aromatic carbocycles. The maximum atomic E-state index is 11.3. The molecule has 2 fully saturated rings. The van der Waals surface area contributed by atoms with Gasteiger partial charge in [-0.1, -0.05) is 0 Å². The van der Waals surface area contributed by atoms with E-state index in [2.05, 4.69) is 10.4 Å². The van der Waals surface area contributed by atoms with Crippen LogP contribution in [0.5, 0.6) is 0 Å². The molecule has 0 aromatic rings. The first-order valence-corrected chi connectivity index (χ1v) is 5.74. The second-order valence-electron chi connectivity index (χ2n) is 3.47. The van der Waals surface area contributed by atoms with Crippen LogP contribution in [0.25, 0.3) is 0 Å². The minimum atomic E-state index is -1.12. The second kappa shape index (κ2) is 4.56. The van der Waals surface area contributed by atoms with Crippen LogP contribution in [-0.4, -0.2) is 40.2 Å². The normalized spacial score (nSPS) is 25.5. The molecular formula is C9H11N3O3S. The molecule has 0 aliphatic carbocycles. The second-order valence-corrected chi connectivity index (χ2v) is 4.50. The fraction of sp³-hybridized carbons (Fsp3) is 0.444. The highest BCUT2D eigenvalue weighted by atomic mass is 32.2. The number of hydrogen-bond acceptors (Lipinski definition) is 5. The number of carbonyl (C=O) groups excluding carboxylic acids is 1. The SMILES string of the molecule is O=C(O)/C=C1\S/C(=N/N2CCCC2)NC1=O. The van der Waals surface area contributed by atoms with Gasteiger partial charge in [-0.15, -0.1) is 0 Å². The number of hydrazone groups is 1. The van der Waals surface area contributed by atoms with Crippen molar-refractivity contribution in [3.8, 4) is 0 Å².